The number of unbranched alkanes of at least 4 members (excludes halogenated alkanes) is 2. The van der Waals surface area contributed by atoms with Gasteiger partial charge in [0.15, 0.2) is 22.4 Å². The number of nitrogens with zero attached hydrogens (tertiary/aromatic N) is 4. The monoisotopic (exact) mass is 646 g/mol. The number of amides is 1. The molecule has 1 unspecified atom stereocenters. The topological polar surface area (TPSA) is 133 Å². The van der Waals surface area contributed by atoms with Crippen LogP contribution in [0.5, 0.6) is 11.5 Å². The van der Waals surface area contributed by atoms with Gasteiger partial charge in [-0.3, -0.25) is 14.5 Å². The lowest BCUT2D eigenvalue weighted by Crippen LogP contribution is -2.29. The molecule has 1 amide bonds. The van der Waals surface area contributed by atoms with Crippen LogP contribution in [-0.2, 0) is 14.3 Å². The Balaban J connectivity index is 1.70. The Labute approximate surface area is 271 Å². The predicted molar refractivity (Wildman–Crippen MR) is 175 cm³/mol. The van der Waals surface area contributed by atoms with Crippen molar-refractivity contribution in [1.29, 1.82) is 0 Å². The molecular formula is C34H38N4O7S. The van der Waals surface area contributed by atoms with Gasteiger partial charge in [-0.1, -0.05) is 43.2 Å². The Hall–Kier alpha value is -4.71. The van der Waals surface area contributed by atoms with Crippen LogP contribution in [0, 0.1) is 20.8 Å². The number of hydrogen-bond acceptors (Lipinski definition) is 10. The highest BCUT2D eigenvalue weighted by Gasteiger charge is 2.49. The third-order valence-corrected chi connectivity index (χ3v) is 8.93. The number of ether oxygens (including phenoxy) is 3. The van der Waals surface area contributed by atoms with Crippen LogP contribution in [0.25, 0.3) is 11.4 Å². The maximum Gasteiger partial charge on any atom is 0.350 e. The minimum absolute atomic E-state index is 0.118. The van der Waals surface area contributed by atoms with Gasteiger partial charge in [0.25, 0.3) is 5.78 Å². The molecule has 12 heteroatoms. The fourth-order valence-corrected chi connectivity index (χ4v) is 6.49. The summed E-state index contributed by atoms with van der Waals surface area (Å²) in [6.45, 7) is 12.0. The number of imidazole rings is 1. The summed E-state index contributed by atoms with van der Waals surface area (Å²) < 4.78 is 19.0. The fraction of sp³-hybridized carbons (Fsp3) is 0.382. The fourth-order valence-electron chi connectivity index (χ4n) is 5.51. The molecule has 0 saturated carbocycles. The smallest absolute Gasteiger partial charge is 0.350 e. The van der Waals surface area contributed by atoms with Crippen molar-refractivity contribution >= 4 is 45.5 Å². The van der Waals surface area contributed by atoms with E-state index in [9.17, 15) is 19.5 Å². The molecule has 4 heterocycles. The van der Waals surface area contributed by atoms with E-state index in [0.717, 1.165) is 36.2 Å². The molecule has 0 bridgehead atoms. The van der Waals surface area contributed by atoms with Crippen molar-refractivity contribution in [3.63, 3.8) is 0 Å². The number of Topliss-reactive ketones (excluding diaryl/α,β-unsaturated/α-hetero) is 1. The van der Waals surface area contributed by atoms with Crippen LogP contribution in [0.2, 0.25) is 0 Å². The number of benzene rings is 1. The van der Waals surface area contributed by atoms with Gasteiger partial charge in [-0.05, 0) is 70.4 Å². The maximum atomic E-state index is 13.9. The zero-order valence-electron chi connectivity index (χ0n) is 26.9. The minimum atomic E-state index is -1.11. The van der Waals surface area contributed by atoms with Gasteiger partial charge in [0.05, 0.1) is 42.8 Å². The number of fused-ring (bicyclic) bond motifs is 1. The van der Waals surface area contributed by atoms with E-state index in [1.54, 1.807) is 39.0 Å². The normalized spacial score (nSPS) is 16.0. The highest BCUT2D eigenvalue weighted by molar-refractivity contribution is 7.17. The number of esters is 1. The molecule has 1 atom stereocenters. The molecule has 1 saturated heterocycles. The number of aliphatic hydroxyl groups excluding tert-OH is 1. The van der Waals surface area contributed by atoms with Crippen LogP contribution in [0.15, 0.2) is 42.1 Å². The molecule has 0 aliphatic carbocycles. The van der Waals surface area contributed by atoms with Crippen LogP contribution < -0.4 is 14.4 Å². The number of aliphatic hydroxyl groups is 1. The SMILES string of the molecule is CCCCCOc1ccc(C2C(=C(O)c3nc4c(C)cccn4c3C)C(=O)C(=O)N2c2nc(C)c(C(=O)OCC)s2)cc1OCC. The molecule has 1 N–H and O–H groups in total. The van der Waals surface area contributed by atoms with Crippen molar-refractivity contribution in [2.24, 2.45) is 0 Å². The summed E-state index contributed by atoms with van der Waals surface area (Å²) in [7, 11) is 0. The van der Waals surface area contributed by atoms with Crippen molar-refractivity contribution < 1.29 is 33.7 Å². The van der Waals surface area contributed by atoms with Gasteiger partial charge >= 0.3 is 11.9 Å². The Bertz CT molecular complexity index is 1840. The van der Waals surface area contributed by atoms with Crippen LogP contribution in [0.1, 0.15) is 84.0 Å². The first kappa shape index (κ1) is 32.7. The molecule has 0 radical (unpaired) electrons. The quantitative estimate of drug-likeness (QED) is 0.0603. The van der Waals surface area contributed by atoms with E-state index >= 15 is 0 Å². The first-order valence-electron chi connectivity index (χ1n) is 15.4. The van der Waals surface area contributed by atoms with E-state index in [0.29, 0.717) is 47.3 Å². The summed E-state index contributed by atoms with van der Waals surface area (Å²) in [5.41, 5.74) is 2.96. The second-order valence-corrected chi connectivity index (χ2v) is 11.9. The summed E-state index contributed by atoms with van der Waals surface area (Å²) in [6, 6.07) is 7.84. The number of thiazole rings is 1. The molecular weight excluding hydrogens is 608 g/mol. The lowest BCUT2D eigenvalue weighted by Gasteiger charge is -2.24. The molecule has 1 aliphatic heterocycles. The van der Waals surface area contributed by atoms with Gasteiger partial charge in [-0.25, -0.2) is 14.8 Å². The molecule has 3 aromatic heterocycles. The lowest BCUT2D eigenvalue weighted by atomic mass is 9.96. The highest BCUT2D eigenvalue weighted by Crippen LogP contribution is 2.46. The van der Waals surface area contributed by atoms with Crippen molar-refractivity contribution in [1.82, 2.24) is 14.4 Å². The Morgan fingerprint density at radius 1 is 1.00 bits per heavy atom. The van der Waals surface area contributed by atoms with Crippen LogP contribution in [0.4, 0.5) is 5.13 Å². The molecule has 46 heavy (non-hydrogen) atoms. The molecule has 11 nitrogen and oxygen atoms in total. The van der Waals surface area contributed by atoms with Crippen molar-refractivity contribution in [3.8, 4) is 11.5 Å². The molecule has 4 aromatic rings. The second-order valence-electron chi connectivity index (χ2n) is 10.9. The number of hydrogen-bond donors (Lipinski definition) is 1. The number of carbonyl (C=O) groups excluding carboxylic acids is 3. The Morgan fingerprint density at radius 3 is 2.48 bits per heavy atom. The summed E-state index contributed by atoms with van der Waals surface area (Å²) in [4.78, 5) is 51.0. The van der Waals surface area contributed by atoms with Gasteiger partial charge in [0.2, 0.25) is 0 Å². The average Bonchev–Trinajstić information content (AvgIpc) is 3.67. The Morgan fingerprint density at radius 2 is 1.78 bits per heavy atom. The molecule has 1 aromatic carbocycles. The Kier molecular flexibility index (Phi) is 9.76. The lowest BCUT2D eigenvalue weighted by molar-refractivity contribution is -0.132. The molecule has 1 aliphatic rings. The molecule has 242 valence electrons. The minimum Gasteiger partial charge on any atom is -0.505 e. The molecule has 0 spiro atoms. The third kappa shape index (κ3) is 5.96. The van der Waals surface area contributed by atoms with E-state index in [1.165, 1.54) is 4.90 Å². The number of rotatable bonds is 12. The van der Waals surface area contributed by atoms with Crippen molar-refractivity contribution in [2.75, 3.05) is 24.7 Å². The summed E-state index contributed by atoms with van der Waals surface area (Å²) >= 11 is 0.948. The first-order valence-corrected chi connectivity index (χ1v) is 16.2. The summed E-state index contributed by atoms with van der Waals surface area (Å²) in [5.74, 6) is -1.83. The zero-order valence-corrected chi connectivity index (χ0v) is 27.7. The number of pyridine rings is 1. The van der Waals surface area contributed by atoms with Crippen LogP contribution in [-0.4, -0.2) is 57.0 Å². The summed E-state index contributed by atoms with van der Waals surface area (Å²) in [6.07, 6.45) is 4.78. The van der Waals surface area contributed by atoms with E-state index < -0.39 is 29.5 Å². The van der Waals surface area contributed by atoms with Crippen molar-refractivity contribution in [3.05, 3.63) is 75.2 Å². The highest BCUT2D eigenvalue weighted by atomic mass is 32.1. The van der Waals surface area contributed by atoms with Gasteiger partial charge in [-0.15, -0.1) is 0 Å². The summed E-state index contributed by atoms with van der Waals surface area (Å²) in [5, 5.41) is 12.0. The van der Waals surface area contributed by atoms with Gasteiger partial charge in [0, 0.05) is 6.20 Å². The van der Waals surface area contributed by atoms with Gasteiger partial charge in [-0.2, -0.15) is 0 Å². The maximum absolute atomic E-state index is 13.9. The number of anilines is 1. The average molecular weight is 647 g/mol. The van der Waals surface area contributed by atoms with Crippen molar-refractivity contribution in [2.45, 2.75) is 66.8 Å². The second kappa shape index (κ2) is 13.7. The zero-order chi connectivity index (χ0) is 33.1. The largest absolute Gasteiger partial charge is 0.505 e. The first-order chi connectivity index (χ1) is 22.1. The van der Waals surface area contributed by atoms with Gasteiger partial charge in [0.1, 0.15) is 16.2 Å². The third-order valence-electron chi connectivity index (χ3n) is 7.79. The van der Waals surface area contributed by atoms with E-state index in [1.807, 2.05) is 36.6 Å². The van der Waals surface area contributed by atoms with E-state index in [4.69, 9.17) is 14.2 Å². The number of ketones is 1. The van der Waals surface area contributed by atoms with E-state index in [2.05, 4.69) is 16.9 Å². The number of aromatic nitrogens is 3. The van der Waals surface area contributed by atoms with Crippen LogP contribution in [0.3, 0.4) is 0 Å². The standard InChI is InChI=1S/C34H38N4O7S/c1-7-10-11-17-45-23-15-14-22(18-24(23)43-8-2)27-25(28(39)26-21(6)37-16-12-13-19(4)31(37)36-26)29(40)32(41)38(27)34-35-20(5)30(46-34)33(42)44-9-3/h12-16,18,27,39H,7-11,17H2,1-6H3. The number of aryl methyl sites for hydroxylation is 3. The van der Waals surface area contributed by atoms with Gasteiger partial charge < -0.3 is 23.7 Å². The molecule has 5 rings (SSSR count). The predicted octanol–water partition coefficient (Wildman–Crippen LogP) is 6.49. The van der Waals surface area contributed by atoms with E-state index in [-0.39, 0.29) is 27.9 Å². The number of carbonyl (C=O) groups is 3. The molecule has 1 fully saturated rings. The van der Waals surface area contributed by atoms with Crippen LogP contribution >= 0.6 is 11.3 Å².